The van der Waals surface area contributed by atoms with Gasteiger partial charge in [0.05, 0.1) is 57.0 Å². The number of hydrogen-bond acceptors (Lipinski definition) is 5. The van der Waals surface area contributed by atoms with Crippen LogP contribution in [0.5, 0.6) is 11.5 Å². The third kappa shape index (κ3) is 8.76. The summed E-state index contributed by atoms with van der Waals surface area (Å²) in [7, 11) is 0. The zero-order valence-electron chi connectivity index (χ0n) is 47.4. The van der Waals surface area contributed by atoms with Crippen molar-refractivity contribution in [2.45, 2.75) is 0 Å². The highest BCUT2D eigenvalue weighted by Crippen LogP contribution is 2.50. The molecule has 412 valence electrons. The van der Waals surface area contributed by atoms with Crippen molar-refractivity contribution in [1.29, 1.82) is 5.26 Å². The maximum absolute atomic E-state index is 11.1. The van der Waals surface area contributed by atoms with Crippen molar-refractivity contribution in [2.75, 3.05) is 9.80 Å². The zero-order chi connectivity index (χ0) is 58.7. The first-order chi connectivity index (χ1) is 43.5. The molecule has 0 atom stereocenters. The van der Waals surface area contributed by atoms with Gasteiger partial charge in [-0.3, -0.25) is 0 Å². The van der Waals surface area contributed by atoms with E-state index in [1.54, 1.807) is 0 Å². The van der Waals surface area contributed by atoms with E-state index in [9.17, 15) is 11.8 Å². The first-order valence-corrected chi connectivity index (χ1v) is 29.2. The van der Waals surface area contributed by atoms with Gasteiger partial charge in [0, 0.05) is 67.1 Å². The van der Waals surface area contributed by atoms with Crippen LogP contribution in [0.15, 0.2) is 308 Å². The fraction of sp³-hybridized carbons (Fsp3) is 0. The van der Waals surface area contributed by atoms with E-state index in [4.69, 9.17) is 9.15 Å². The van der Waals surface area contributed by atoms with Crippen LogP contribution in [-0.4, -0.2) is 9.13 Å². The Hall–Kier alpha value is -12.4. The summed E-state index contributed by atoms with van der Waals surface area (Å²) in [6.07, 6.45) is 0. The number of benzene rings is 13. The summed E-state index contributed by atoms with van der Waals surface area (Å²) in [6.45, 7) is 9.27. The van der Waals surface area contributed by atoms with Gasteiger partial charge in [-0.05, 0) is 168 Å². The molecule has 13 aromatic carbocycles. The Morgan fingerprint density at radius 2 is 0.909 bits per heavy atom. The summed E-state index contributed by atoms with van der Waals surface area (Å²) in [5.41, 5.74) is 17.2. The summed E-state index contributed by atoms with van der Waals surface area (Å²) in [6, 6.07) is 106. The molecule has 0 saturated carbocycles. The van der Waals surface area contributed by atoms with Gasteiger partial charge in [0.2, 0.25) is 5.69 Å². The van der Waals surface area contributed by atoms with E-state index in [0.29, 0.717) is 39.7 Å². The Morgan fingerprint density at radius 1 is 0.386 bits per heavy atom. The van der Waals surface area contributed by atoms with Crippen LogP contribution in [0.4, 0.5) is 39.8 Å². The number of para-hydroxylation sites is 6. The molecule has 3 heterocycles. The van der Waals surface area contributed by atoms with Crippen molar-refractivity contribution in [2.24, 2.45) is 0 Å². The lowest BCUT2D eigenvalue weighted by molar-refractivity contribution is 0.488. The summed E-state index contributed by atoms with van der Waals surface area (Å²) in [5, 5.41) is 17.3. The van der Waals surface area contributed by atoms with Crippen molar-refractivity contribution in [3.63, 3.8) is 0 Å². The lowest BCUT2D eigenvalue weighted by Gasteiger charge is -2.28. The average Bonchev–Trinajstić information content (AvgIpc) is 2.12. The quantitative estimate of drug-likeness (QED) is 0.114. The fourth-order valence-corrected chi connectivity index (χ4v) is 12.8. The number of ether oxygens (including phenoxy) is 1. The molecule has 0 spiro atoms. The predicted octanol–water partition coefficient (Wildman–Crippen LogP) is 22.3. The second-order valence-corrected chi connectivity index (χ2v) is 21.9. The minimum Gasteiger partial charge on any atom is -0.457 e. The summed E-state index contributed by atoms with van der Waals surface area (Å²) in [4.78, 5) is 8.80. The van der Waals surface area contributed by atoms with E-state index in [2.05, 4.69) is 236 Å². The molecule has 16 rings (SSSR count). The van der Waals surface area contributed by atoms with Crippen molar-refractivity contribution >= 4 is 105 Å². The molecule has 3 aromatic heterocycles. The topological polar surface area (TPSA) is 66.9 Å². The van der Waals surface area contributed by atoms with Crippen LogP contribution < -0.4 is 14.5 Å². The number of rotatable bonds is 12. The third-order valence-electron chi connectivity index (χ3n) is 16.8. The van der Waals surface area contributed by atoms with E-state index in [1.165, 1.54) is 5.39 Å². The molecular formula is C80H50N6O2. The van der Waals surface area contributed by atoms with Crippen molar-refractivity contribution in [3.8, 4) is 51.2 Å². The second-order valence-electron chi connectivity index (χ2n) is 21.9. The minimum absolute atomic E-state index is 0.349. The number of nitriles is 1. The largest absolute Gasteiger partial charge is 0.457 e. The summed E-state index contributed by atoms with van der Waals surface area (Å²) >= 11 is 0. The summed E-state index contributed by atoms with van der Waals surface area (Å²) < 4.78 is 17.8. The van der Waals surface area contributed by atoms with E-state index < -0.39 is 0 Å². The lowest BCUT2D eigenvalue weighted by atomic mass is 10.0. The molecule has 0 unspecified atom stereocenters. The van der Waals surface area contributed by atoms with Gasteiger partial charge < -0.3 is 28.1 Å². The average molecular weight is 1130 g/mol. The van der Waals surface area contributed by atoms with Crippen LogP contribution in [0.25, 0.3) is 104 Å². The minimum atomic E-state index is 0.349. The number of fused-ring (bicyclic) bond motifs is 9. The molecular weight excluding hydrogens is 1080 g/mol. The molecule has 0 radical (unpaired) electrons. The van der Waals surface area contributed by atoms with Gasteiger partial charge in [-0.15, -0.1) is 0 Å². The normalized spacial score (nSPS) is 11.4. The lowest BCUT2D eigenvalue weighted by Crippen LogP contribution is -2.11. The van der Waals surface area contributed by atoms with Gasteiger partial charge in [-0.25, -0.2) is 4.85 Å². The van der Waals surface area contributed by atoms with Gasteiger partial charge in [-0.1, -0.05) is 152 Å². The van der Waals surface area contributed by atoms with Gasteiger partial charge in [-0.2, -0.15) is 5.26 Å². The van der Waals surface area contributed by atoms with Crippen LogP contribution in [0.3, 0.4) is 0 Å². The Morgan fingerprint density at radius 3 is 1.58 bits per heavy atom. The first kappa shape index (κ1) is 51.3. The van der Waals surface area contributed by atoms with Gasteiger partial charge in [0.15, 0.2) is 0 Å². The van der Waals surface area contributed by atoms with Crippen LogP contribution in [0.1, 0.15) is 5.56 Å². The van der Waals surface area contributed by atoms with Gasteiger partial charge in [0.1, 0.15) is 22.7 Å². The molecule has 0 aliphatic heterocycles. The number of anilines is 6. The summed E-state index contributed by atoms with van der Waals surface area (Å²) in [5.74, 6) is 1.35. The van der Waals surface area contributed by atoms with Crippen LogP contribution in [-0.2, 0) is 0 Å². The molecule has 0 N–H and O–H groups in total. The second kappa shape index (κ2) is 21.4. The SMILES string of the molecule is [C-]#[N+]c1c(N(c2ccc(-c3ccc(N(c4ccccc4)c4ccccc4)cc3)cc2)c2ccc3c(c2)oc2ccccc23)cc(C#N)cc1-n1c2ccc(-c3ccc4c(c3)c3ccccc3n4-c3ccccc3)cc2c2c(Oc3ccccc3)cccc21. The van der Waals surface area contributed by atoms with E-state index >= 15 is 0 Å². The molecule has 8 heteroatoms. The van der Waals surface area contributed by atoms with Crippen molar-refractivity contribution in [3.05, 3.63) is 320 Å². The van der Waals surface area contributed by atoms with Crippen molar-refractivity contribution in [1.82, 2.24) is 9.13 Å². The predicted molar refractivity (Wildman–Crippen MR) is 360 cm³/mol. The zero-order valence-corrected chi connectivity index (χ0v) is 47.4. The molecule has 0 aliphatic rings. The highest BCUT2D eigenvalue weighted by atomic mass is 16.5. The van der Waals surface area contributed by atoms with Gasteiger partial charge in [0.25, 0.3) is 0 Å². The first-order valence-electron chi connectivity index (χ1n) is 29.2. The number of hydrogen-bond donors (Lipinski definition) is 0. The molecule has 0 amide bonds. The molecule has 0 fully saturated rings. The van der Waals surface area contributed by atoms with Gasteiger partial charge >= 0.3 is 0 Å². The molecule has 88 heavy (non-hydrogen) atoms. The Balaban J connectivity index is 0.864. The van der Waals surface area contributed by atoms with Crippen LogP contribution >= 0.6 is 0 Å². The monoisotopic (exact) mass is 1130 g/mol. The molecule has 16 aromatic rings. The molecule has 0 saturated heterocycles. The van der Waals surface area contributed by atoms with Crippen LogP contribution in [0, 0.1) is 17.9 Å². The van der Waals surface area contributed by atoms with E-state index in [1.807, 2.05) is 97.1 Å². The van der Waals surface area contributed by atoms with Crippen molar-refractivity contribution < 1.29 is 9.15 Å². The van der Waals surface area contributed by atoms with E-state index in [0.717, 1.165) is 111 Å². The highest BCUT2D eigenvalue weighted by Gasteiger charge is 2.27. The Bertz CT molecular complexity index is 5390. The highest BCUT2D eigenvalue weighted by molar-refractivity contribution is 6.15. The number of furan rings is 1. The third-order valence-corrected chi connectivity index (χ3v) is 16.8. The number of aromatic nitrogens is 2. The number of nitrogens with zero attached hydrogens (tertiary/aromatic N) is 6. The smallest absolute Gasteiger partial charge is 0.234 e. The fourth-order valence-electron chi connectivity index (χ4n) is 12.8. The Kier molecular flexibility index (Phi) is 12.5. The Labute approximate surface area is 507 Å². The molecule has 0 aliphatic carbocycles. The molecule has 0 bridgehead atoms. The van der Waals surface area contributed by atoms with E-state index in [-0.39, 0.29) is 0 Å². The standard InChI is InChI=1S/C80H50N6O2/c1-82-80-74(84(63-43-44-67-66-28-15-17-31-76(66)88-78(67)51-63)62-41-35-55(36-42-62)54-33-39-61(40-34-54)83(58-19-6-2-7-20-58)59-21-8-3-9-22-59)47-53(52-81)48-75(80)86-72-46-38-57(50-69(72)79-73(86)30-18-32-77(79)87-64-25-12-5-13-26-64)56-37-45-71-68(49-56)65-27-14-16-29-70(65)85(71)60-23-10-4-11-24-60/h2-51H. The maximum Gasteiger partial charge on any atom is 0.234 e. The maximum atomic E-state index is 11.1. The van der Waals surface area contributed by atoms with Crippen LogP contribution in [0.2, 0.25) is 0 Å². The molecule has 8 nitrogen and oxygen atoms in total.